The summed E-state index contributed by atoms with van der Waals surface area (Å²) in [5, 5.41) is 3.49. The second-order valence-electron chi connectivity index (χ2n) is 5.45. The van der Waals surface area contributed by atoms with Crippen molar-refractivity contribution in [3.63, 3.8) is 0 Å². The molecule has 0 unspecified atom stereocenters. The van der Waals surface area contributed by atoms with Crippen molar-refractivity contribution in [2.75, 3.05) is 11.9 Å². The fraction of sp³-hybridized carbons (Fsp3) is 0.643. The summed E-state index contributed by atoms with van der Waals surface area (Å²) in [6.45, 7) is 4.93. The first kappa shape index (κ1) is 14.3. The van der Waals surface area contributed by atoms with Gasteiger partial charge >= 0.3 is 0 Å². The van der Waals surface area contributed by atoms with Crippen LogP contribution in [0.4, 0.5) is 5.82 Å². The molecule has 1 aliphatic carbocycles. The Bertz CT molecular complexity index is 456. The SMILES string of the molecule is Cc1nc(Cl)c(C=O)c(NCC2CCC(C)CC2)n1. The van der Waals surface area contributed by atoms with Crippen LogP contribution in [-0.4, -0.2) is 22.8 Å². The Hall–Kier alpha value is -1.16. The van der Waals surface area contributed by atoms with Crippen molar-refractivity contribution in [1.82, 2.24) is 9.97 Å². The lowest BCUT2D eigenvalue weighted by molar-refractivity contribution is 0.112. The highest BCUT2D eigenvalue weighted by atomic mass is 35.5. The number of aryl methyl sites for hydroxylation is 1. The first-order valence-electron chi connectivity index (χ1n) is 6.83. The van der Waals surface area contributed by atoms with Crippen molar-refractivity contribution in [3.05, 3.63) is 16.5 Å². The molecule has 0 amide bonds. The third-order valence-electron chi connectivity index (χ3n) is 3.82. The Morgan fingerprint density at radius 3 is 2.63 bits per heavy atom. The summed E-state index contributed by atoms with van der Waals surface area (Å²) >= 11 is 5.95. The van der Waals surface area contributed by atoms with E-state index in [2.05, 4.69) is 22.2 Å². The number of carbonyl (C=O) groups excluding carboxylic acids is 1. The second-order valence-corrected chi connectivity index (χ2v) is 5.81. The Balaban J connectivity index is 2.01. The van der Waals surface area contributed by atoms with Crippen LogP contribution in [-0.2, 0) is 0 Å². The van der Waals surface area contributed by atoms with Crippen molar-refractivity contribution < 1.29 is 4.79 Å². The molecule has 1 fully saturated rings. The first-order valence-corrected chi connectivity index (χ1v) is 7.21. The van der Waals surface area contributed by atoms with Crippen LogP contribution >= 0.6 is 11.6 Å². The number of hydrogen-bond acceptors (Lipinski definition) is 4. The molecule has 104 valence electrons. The summed E-state index contributed by atoms with van der Waals surface area (Å²) in [5.41, 5.74) is 0.358. The number of nitrogens with one attached hydrogen (secondary N) is 1. The molecule has 1 N–H and O–H groups in total. The van der Waals surface area contributed by atoms with Crippen LogP contribution in [0.25, 0.3) is 0 Å². The standard InChI is InChI=1S/C14H20ClN3O/c1-9-3-5-11(6-4-9)7-16-14-12(8-19)13(15)17-10(2)18-14/h8-9,11H,3-7H2,1-2H3,(H,16,17,18). The fourth-order valence-electron chi connectivity index (χ4n) is 2.56. The van der Waals surface area contributed by atoms with Gasteiger partial charge in [-0.3, -0.25) is 4.79 Å². The molecule has 1 aromatic heterocycles. The van der Waals surface area contributed by atoms with Gasteiger partial charge < -0.3 is 5.32 Å². The Morgan fingerprint density at radius 1 is 1.32 bits per heavy atom. The third-order valence-corrected chi connectivity index (χ3v) is 4.11. The molecule has 1 aliphatic rings. The molecule has 0 radical (unpaired) electrons. The molecule has 0 aromatic carbocycles. The van der Waals surface area contributed by atoms with Crippen molar-refractivity contribution in [2.45, 2.75) is 39.5 Å². The van der Waals surface area contributed by atoms with Crippen LogP contribution in [0.2, 0.25) is 5.15 Å². The summed E-state index contributed by atoms with van der Waals surface area (Å²) in [5.74, 6) is 2.64. The highest BCUT2D eigenvalue weighted by Crippen LogP contribution is 2.28. The predicted molar refractivity (Wildman–Crippen MR) is 76.8 cm³/mol. The number of anilines is 1. The summed E-state index contributed by atoms with van der Waals surface area (Å²) in [4.78, 5) is 19.3. The maximum Gasteiger partial charge on any atom is 0.156 e. The first-order chi connectivity index (χ1) is 9.10. The maximum absolute atomic E-state index is 11.0. The number of aldehydes is 1. The van der Waals surface area contributed by atoms with E-state index in [1.54, 1.807) is 6.92 Å². The zero-order valence-corrected chi connectivity index (χ0v) is 12.2. The van der Waals surface area contributed by atoms with Crippen LogP contribution in [0.15, 0.2) is 0 Å². The zero-order valence-electron chi connectivity index (χ0n) is 11.4. The van der Waals surface area contributed by atoms with Crippen LogP contribution in [0.1, 0.15) is 48.8 Å². The minimum atomic E-state index is 0.224. The van der Waals surface area contributed by atoms with Gasteiger partial charge in [0.05, 0.1) is 5.56 Å². The molecular formula is C14H20ClN3O. The Kier molecular flexibility index (Phi) is 4.75. The van der Waals surface area contributed by atoms with E-state index in [0.29, 0.717) is 29.4 Å². The largest absolute Gasteiger partial charge is 0.369 e. The van der Waals surface area contributed by atoms with Crippen LogP contribution in [0.3, 0.4) is 0 Å². The van der Waals surface area contributed by atoms with Crippen molar-refractivity contribution in [1.29, 1.82) is 0 Å². The molecule has 2 rings (SSSR count). The molecule has 5 heteroatoms. The Morgan fingerprint density at radius 2 is 2.00 bits per heavy atom. The van der Waals surface area contributed by atoms with Gasteiger partial charge in [0.1, 0.15) is 16.8 Å². The molecule has 19 heavy (non-hydrogen) atoms. The molecule has 1 heterocycles. The molecular weight excluding hydrogens is 262 g/mol. The van der Waals surface area contributed by atoms with Crippen LogP contribution in [0, 0.1) is 18.8 Å². The number of rotatable bonds is 4. The molecule has 1 aromatic rings. The van der Waals surface area contributed by atoms with E-state index >= 15 is 0 Å². The lowest BCUT2D eigenvalue weighted by Crippen LogP contribution is -2.21. The number of carbonyl (C=O) groups is 1. The summed E-state index contributed by atoms with van der Waals surface area (Å²) < 4.78 is 0. The normalized spacial score (nSPS) is 23.1. The van der Waals surface area contributed by atoms with Crippen LogP contribution < -0.4 is 5.32 Å². The summed E-state index contributed by atoms with van der Waals surface area (Å²) in [6, 6.07) is 0. The van der Waals surface area contributed by atoms with Gasteiger partial charge in [-0.2, -0.15) is 0 Å². The van der Waals surface area contributed by atoms with Gasteiger partial charge in [0, 0.05) is 6.54 Å². The minimum Gasteiger partial charge on any atom is -0.369 e. The molecule has 0 spiro atoms. The van der Waals surface area contributed by atoms with E-state index in [1.807, 2.05) is 0 Å². The average molecular weight is 282 g/mol. The van der Waals surface area contributed by atoms with E-state index in [1.165, 1.54) is 25.7 Å². The lowest BCUT2D eigenvalue weighted by atomic mass is 9.83. The van der Waals surface area contributed by atoms with E-state index in [0.717, 1.165) is 12.5 Å². The molecule has 0 bridgehead atoms. The number of nitrogens with zero attached hydrogens (tertiary/aromatic N) is 2. The van der Waals surface area contributed by atoms with Gasteiger partial charge in [-0.05, 0) is 31.6 Å². The van der Waals surface area contributed by atoms with Gasteiger partial charge in [-0.25, -0.2) is 9.97 Å². The van der Waals surface area contributed by atoms with E-state index in [4.69, 9.17) is 11.6 Å². The highest BCUT2D eigenvalue weighted by molar-refractivity contribution is 6.32. The van der Waals surface area contributed by atoms with Crippen molar-refractivity contribution in [3.8, 4) is 0 Å². The van der Waals surface area contributed by atoms with Crippen molar-refractivity contribution >= 4 is 23.7 Å². The molecule has 4 nitrogen and oxygen atoms in total. The van der Waals surface area contributed by atoms with E-state index < -0.39 is 0 Å². The molecule has 1 saturated carbocycles. The topological polar surface area (TPSA) is 54.9 Å². The smallest absolute Gasteiger partial charge is 0.156 e. The summed E-state index contributed by atoms with van der Waals surface area (Å²) in [6.07, 6.45) is 5.77. The monoisotopic (exact) mass is 281 g/mol. The fourth-order valence-corrected chi connectivity index (χ4v) is 2.82. The second kappa shape index (κ2) is 6.33. The average Bonchev–Trinajstić information content (AvgIpc) is 2.37. The number of hydrogen-bond donors (Lipinski definition) is 1. The van der Waals surface area contributed by atoms with Gasteiger partial charge in [-0.1, -0.05) is 31.4 Å². The van der Waals surface area contributed by atoms with Crippen molar-refractivity contribution in [2.24, 2.45) is 11.8 Å². The van der Waals surface area contributed by atoms with Crippen LogP contribution in [0.5, 0.6) is 0 Å². The quantitative estimate of drug-likeness (QED) is 0.678. The zero-order chi connectivity index (χ0) is 13.8. The predicted octanol–water partition coefficient (Wildman–Crippen LogP) is 3.49. The Labute approximate surface area is 119 Å². The molecule has 0 saturated heterocycles. The van der Waals surface area contributed by atoms with Gasteiger partial charge in [0.2, 0.25) is 0 Å². The number of aromatic nitrogens is 2. The van der Waals surface area contributed by atoms with Gasteiger partial charge in [0.15, 0.2) is 6.29 Å². The van der Waals surface area contributed by atoms with E-state index in [9.17, 15) is 4.79 Å². The third kappa shape index (κ3) is 3.66. The highest BCUT2D eigenvalue weighted by Gasteiger charge is 2.19. The van der Waals surface area contributed by atoms with E-state index in [-0.39, 0.29) is 5.15 Å². The molecule has 0 atom stereocenters. The van der Waals surface area contributed by atoms with Gasteiger partial charge in [0.25, 0.3) is 0 Å². The molecule has 0 aliphatic heterocycles. The van der Waals surface area contributed by atoms with Gasteiger partial charge in [-0.15, -0.1) is 0 Å². The maximum atomic E-state index is 11.0. The number of halogens is 1. The summed E-state index contributed by atoms with van der Waals surface area (Å²) in [7, 11) is 0. The lowest BCUT2D eigenvalue weighted by Gasteiger charge is -2.26. The minimum absolute atomic E-state index is 0.224.